The maximum absolute atomic E-state index is 10.9. The molecule has 0 aromatic carbocycles. The molecule has 0 aliphatic carbocycles. The number of carbonyl (C=O) groups is 1. The van der Waals surface area contributed by atoms with Gasteiger partial charge in [-0.2, -0.15) is 0 Å². The standard InChI is InChI=1S/C6H11NO4S/c7-6(9)4-1-2-12(10,11)5(8)3-4/h4-5,8H,1-3H2,(H2,7,9). The van der Waals surface area contributed by atoms with Gasteiger partial charge in [-0.15, -0.1) is 0 Å². The van der Waals surface area contributed by atoms with Gasteiger partial charge in [0.2, 0.25) is 5.91 Å². The summed E-state index contributed by atoms with van der Waals surface area (Å²) in [5.41, 5.74) is 3.56. The molecule has 6 heteroatoms. The highest BCUT2D eigenvalue weighted by Crippen LogP contribution is 2.22. The molecule has 1 amide bonds. The summed E-state index contributed by atoms with van der Waals surface area (Å²) in [6.45, 7) is 0. The Morgan fingerprint density at radius 2 is 2.08 bits per heavy atom. The average Bonchev–Trinajstić information content (AvgIpc) is 1.94. The fourth-order valence-corrected chi connectivity index (χ4v) is 2.62. The van der Waals surface area contributed by atoms with E-state index >= 15 is 0 Å². The topological polar surface area (TPSA) is 97.5 Å². The Hall–Kier alpha value is -0.620. The number of aliphatic hydroxyl groups is 1. The Morgan fingerprint density at radius 3 is 2.50 bits per heavy atom. The van der Waals surface area contributed by atoms with Crippen LogP contribution < -0.4 is 5.73 Å². The minimum absolute atomic E-state index is 0.0579. The van der Waals surface area contributed by atoms with E-state index in [4.69, 9.17) is 10.8 Å². The highest BCUT2D eigenvalue weighted by Gasteiger charge is 2.34. The highest BCUT2D eigenvalue weighted by atomic mass is 32.2. The van der Waals surface area contributed by atoms with E-state index in [2.05, 4.69) is 0 Å². The summed E-state index contributed by atoms with van der Waals surface area (Å²) >= 11 is 0. The second-order valence-corrected chi connectivity index (χ2v) is 5.22. The van der Waals surface area contributed by atoms with Crippen molar-refractivity contribution in [3.63, 3.8) is 0 Å². The lowest BCUT2D eigenvalue weighted by atomic mass is 10.0. The van der Waals surface area contributed by atoms with Crippen LogP contribution in [0.3, 0.4) is 0 Å². The molecule has 0 radical (unpaired) electrons. The molecule has 5 nitrogen and oxygen atoms in total. The summed E-state index contributed by atoms with van der Waals surface area (Å²) in [5.74, 6) is -1.19. The molecule has 0 saturated carbocycles. The van der Waals surface area contributed by atoms with Gasteiger partial charge in [0.25, 0.3) is 0 Å². The maximum Gasteiger partial charge on any atom is 0.220 e. The molecule has 1 fully saturated rings. The van der Waals surface area contributed by atoms with Gasteiger partial charge in [-0.3, -0.25) is 4.79 Å². The maximum atomic E-state index is 10.9. The highest BCUT2D eigenvalue weighted by molar-refractivity contribution is 7.91. The van der Waals surface area contributed by atoms with Crippen LogP contribution in [0.15, 0.2) is 0 Å². The van der Waals surface area contributed by atoms with Gasteiger partial charge in [0.1, 0.15) is 0 Å². The van der Waals surface area contributed by atoms with Crippen molar-refractivity contribution >= 4 is 15.7 Å². The van der Waals surface area contributed by atoms with Gasteiger partial charge >= 0.3 is 0 Å². The van der Waals surface area contributed by atoms with E-state index in [0.717, 1.165) is 0 Å². The third-order valence-electron chi connectivity index (χ3n) is 2.05. The fraction of sp³-hybridized carbons (Fsp3) is 0.833. The van der Waals surface area contributed by atoms with Gasteiger partial charge in [-0.1, -0.05) is 0 Å². The number of sulfone groups is 1. The average molecular weight is 193 g/mol. The lowest BCUT2D eigenvalue weighted by molar-refractivity contribution is -0.122. The van der Waals surface area contributed by atoms with Crippen LogP contribution in [0.4, 0.5) is 0 Å². The van der Waals surface area contributed by atoms with E-state index in [1.165, 1.54) is 0 Å². The summed E-state index contributed by atoms with van der Waals surface area (Å²) in [5, 5.41) is 9.06. The van der Waals surface area contributed by atoms with Crippen LogP contribution in [-0.4, -0.2) is 30.6 Å². The Labute approximate surface area is 70.5 Å². The van der Waals surface area contributed by atoms with E-state index in [-0.39, 0.29) is 18.6 Å². The van der Waals surface area contributed by atoms with Crippen molar-refractivity contribution in [2.45, 2.75) is 18.3 Å². The molecule has 1 heterocycles. The van der Waals surface area contributed by atoms with Crippen molar-refractivity contribution in [3.8, 4) is 0 Å². The number of carbonyl (C=O) groups excluding carboxylic acids is 1. The van der Waals surface area contributed by atoms with Crippen LogP contribution in [0.5, 0.6) is 0 Å². The molecule has 0 spiro atoms. The number of amides is 1. The molecular weight excluding hydrogens is 182 g/mol. The molecular formula is C6H11NO4S. The molecule has 12 heavy (non-hydrogen) atoms. The third kappa shape index (κ3) is 1.75. The zero-order valence-electron chi connectivity index (χ0n) is 6.43. The predicted molar refractivity (Wildman–Crippen MR) is 41.7 cm³/mol. The minimum Gasteiger partial charge on any atom is -0.377 e. The molecule has 1 rings (SSSR count). The van der Waals surface area contributed by atoms with Crippen molar-refractivity contribution in [2.24, 2.45) is 11.7 Å². The van der Waals surface area contributed by atoms with Crippen LogP contribution >= 0.6 is 0 Å². The SMILES string of the molecule is NC(=O)C1CCS(=O)(=O)C(O)C1. The lowest BCUT2D eigenvalue weighted by Crippen LogP contribution is -2.38. The Morgan fingerprint density at radius 1 is 1.50 bits per heavy atom. The predicted octanol–water partition coefficient (Wildman–Crippen LogP) is -1.39. The molecule has 70 valence electrons. The molecule has 0 aromatic rings. The van der Waals surface area contributed by atoms with E-state index in [1.54, 1.807) is 0 Å². The normalized spacial score (nSPS) is 34.4. The van der Waals surface area contributed by atoms with Gasteiger partial charge in [0.15, 0.2) is 15.3 Å². The number of primary amides is 1. The summed E-state index contributed by atoms with van der Waals surface area (Å²) in [6, 6.07) is 0. The number of aliphatic hydroxyl groups excluding tert-OH is 1. The van der Waals surface area contributed by atoms with Crippen molar-refractivity contribution in [1.82, 2.24) is 0 Å². The van der Waals surface area contributed by atoms with Crippen molar-refractivity contribution < 1.29 is 18.3 Å². The van der Waals surface area contributed by atoms with E-state index in [0.29, 0.717) is 0 Å². The van der Waals surface area contributed by atoms with E-state index < -0.39 is 27.1 Å². The molecule has 1 saturated heterocycles. The first-order chi connectivity index (χ1) is 5.43. The summed E-state index contributed by atoms with van der Waals surface area (Å²) in [7, 11) is -3.38. The molecule has 2 unspecified atom stereocenters. The monoisotopic (exact) mass is 193 g/mol. The van der Waals surface area contributed by atoms with Crippen LogP contribution in [0.2, 0.25) is 0 Å². The van der Waals surface area contributed by atoms with Crippen LogP contribution in [0.25, 0.3) is 0 Å². The van der Waals surface area contributed by atoms with Gasteiger partial charge in [0.05, 0.1) is 5.75 Å². The smallest absolute Gasteiger partial charge is 0.220 e. The van der Waals surface area contributed by atoms with Gasteiger partial charge < -0.3 is 10.8 Å². The number of hydrogen-bond acceptors (Lipinski definition) is 4. The zero-order valence-corrected chi connectivity index (χ0v) is 7.25. The quantitative estimate of drug-likeness (QED) is 0.536. The van der Waals surface area contributed by atoms with Crippen LogP contribution in [-0.2, 0) is 14.6 Å². The molecule has 0 bridgehead atoms. The van der Waals surface area contributed by atoms with E-state index in [9.17, 15) is 13.2 Å². The van der Waals surface area contributed by atoms with Crippen molar-refractivity contribution in [1.29, 1.82) is 0 Å². The van der Waals surface area contributed by atoms with Crippen molar-refractivity contribution in [3.05, 3.63) is 0 Å². The number of rotatable bonds is 1. The summed E-state index contributed by atoms with van der Waals surface area (Å²) < 4.78 is 21.9. The van der Waals surface area contributed by atoms with Gasteiger partial charge in [0, 0.05) is 5.92 Å². The Kier molecular flexibility index (Phi) is 2.39. The summed E-state index contributed by atoms with van der Waals surface area (Å²) in [6.07, 6.45) is 0.173. The van der Waals surface area contributed by atoms with Crippen LogP contribution in [0.1, 0.15) is 12.8 Å². The lowest BCUT2D eigenvalue weighted by Gasteiger charge is -2.23. The fourth-order valence-electron chi connectivity index (χ4n) is 1.21. The molecule has 1 aliphatic rings. The Balaban J connectivity index is 2.71. The third-order valence-corrected chi connectivity index (χ3v) is 3.88. The number of nitrogens with two attached hydrogens (primary N) is 1. The first-order valence-electron chi connectivity index (χ1n) is 3.62. The second kappa shape index (κ2) is 3.02. The van der Waals surface area contributed by atoms with Crippen LogP contribution in [0, 0.1) is 5.92 Å². The molecule has 3 N–H and O–H groups in total. The van der Waals surface area contributed by atoms with Gasteiger partial charge in [-0.05, 0) is 12.8 Å². The minimum atomic E-state index is -3.38. The molecule has 2 atom stereocenters. The molecule has 1 aliphatic heterocycles. The van der Waals surface area contributed by atoms with E-state index in [1.807, 2.05) is 0 Å². The first-order valence-corrected chi connectivity index (χ1v) is 5.34. The van der Waals surface area contributed by atoms with Crippen molar-refractivity contribution in [2.75, 3.05) is 5.75 Å². The summed E-state index contributed by atoms with van der Waals surface area (Å²) in [4.78, 5) is 10.6. The zero-order chi connectivity index (χ0) is 9.35. The first kappa shape index (κ1) is 9.47. The Bertz CT molecular complexity index is 284. The second-order valence-electron chi connectivity index (χ2n) is 2.95. The molecule has 0 aromatic heterocycles. The number of hydrogen-bond donors (Lipinski definition) is 2. The van der Waals surface area contributed by atoms with Gasteiger partial charge in [-0.25, -0.2) is 8.42 Å². The largest absolute Gasteiger partial charge is 0.377 e.